The second-order valence-electron chi connectivity index (χ2n) is 5.06. The van der Waals surface area contributed by atoms with E-state index in [1.165, 1.54) is 24.3 Å². The van der Waals surface area contributed by atoms with Gasteiger partial charge in [0.05, 0.1) is 4.90 Å². The predicted octanol–water partition coefficient (Wildman–Crippen LogP) is 1.49. The fourth-order valence-electron chi connectivity index (χ4n) is 1.99. The van der Waals surface area contributed by atoms with E-state index in [9.17, 15) is 13.5 Å². The number of hydrogen-bond donors (Lipinski definition) is 2. The number of phenolic OH excluding ortho intramolecular Hbond substituents is 1. The Kier molecular flexibility index (Phi) is 4.13. The number of phenols is 1. The summed E-state index contributed by atoms with van der Waals surface area (Å²) in [7, 11) is -1.91. The number of methoxy groups -OCH3 is 1. The molecule has 1 aliphatic carbocycles. The molecule has 2 N–H and O–H groups in total. The van der Waals surface area contributed by atoms with Crippen LogP contribution in [0, 0.1) is 5.41 Å². The maximum atomic E-state index is 12.1. The Morgan fingerprint density at radius 1 is 1.42 bits per heavy atom. The van der Waals surface area contributed by atoms with Crippen molar-refractivity contribution in [2.75, 3.05) is 20.3 Å². The lowest BCUT2D eigenvalue weighted by Gasteiger charge is -2.15. The summed E-state index contributed by atoms with van der Waals surface area (Å²) in [6.07, 6.45) is 2.92. The lowest BCUT2D eigenvalue weighted by atomic mass is 10.0. The van der Waals surface area contributed by atoms with Crippen LogP contribution in [-0.4, -0.2) is 33.8 Å². The molecule has 0 radical (unpaired) electrons. The predicted molar refractivity (Wildman–Crippen MR) is 71.5 cm³/mol. The third-order valence-corrected chi connectivity index (χ3v) is 4.96. The highest BCUT2D eigenvalue weighted by molar-refractivity contribution is 7.89. The highest BCUT2D eigenvalue weighted by Crippen LogP contribution is 2.48. The molecule has 1 saturated carbocycles. The molecule has 2 rings (SSSR count). The standard InChI is InChI=1S/C13H19NO4S/c1-18-8-7-13(5-6-13)10-14-19(16,17)12-4-2-3-11(15)9-12/h2-4,9,14-15H,5-8,10H2,1H3. The summed E-state index contributed by atoms with van der Waals surface area (Å²) in [6.45, 7) is 1.07. The van der Waals surface area contributed by atoms with Crippen LogP contribution < -0.4 is 4.72 Å². The molecule has 1 aliphatic rings. The van der Waals surface area contributed by atoms with Gasteiger partial charge in [-0.3, -0.25) is 0 Å². The van der Waals surface area contributed by atoms with Crippen LogP contribution in [-0.2, 0) is 14.8 Å². The van der Waals surface area contributed by atoms with Gasteiger partial charge in [-0.05, 0) is 42.9 Å². The van der Waals surface area contributed by atoms with Crippen molar-refractivity contribution in [2.45, 2.75) is 24.2 Å². The Bertz CT molecular complexity index is 537. The van der Waals surface area contributed by atoms with Crippen molar-refractivity contribution in [1.29, 1.82) is 0 Å². The largest absolute Gasteiger partial charge is 0.508 e. The van der Waals surface area contributed by atoms with Crippen molar-refractivity contribution < 1.29 is 18.3 Å². The summed E-state index contributed by atoms with van der Waals surface area (Å²) in [6, 6.07) is 5.68. The summed E-state index contributed by atoms with van der Waals surface area (Å²) < 4.78 is 31.8. The first-order valence-electron chi connectivity index (χ1n) is 6.25. The van der Waals surface area contributed by atoms with Crippen molar-refractivity contribution in [2.24, 2.45) is 5.41 Å². The first-order valence-corrected chi connectivity index (χ1v) is 7.73. The smallest absolute Gasteiger partial charge is 0.240 e. The van der Waals surface area contributed by atoms with Gasteiger partial charge in [0.15, 0.2) is 0 Å². The van der Waals surface area contributed by atoms with Gasteiger partial charge in [0.2, 0.25) is 10.0 Å². The second kappa shape index (κ2) is 5.48. The third-order valence-electron chi connectivity index (χ3n) is 3.56. The number of hydrogen-bond acceptors (Lipinski definition) is 4. The molecule has 5 nitrogen and oxygen atoms in total. The van der Waals surface area contributed by atoms with E-state index in [1.54, 1.807) is 7.11 Å². The van der Waals surface area contributed by atoms with Gasteiger partial charge >= 0.3 is 0 Å². The van der Waals surface area contributed by atoms with E-state index in [2.05, 4.69) is 4.72 Å². The first kappa shape index (κ1) is 14.3. The van der Waals surface area contributed by atoms with Gasteiger partial charge in [0.25, 0.3) is 0 Å². The van der Waals surface area contributed by atoms with Crippen LogP contribution in [0.3, 0.4) is 0 Å². The minimum Gasteiger partial charge on any atom is -0.508 e. The number of benzene rings is 1. The minimum atomic E-state index is -3.55. The lowest BCUT2D eigenvalue weighted by Crippen LogP contribution is -2.30. The second-order valence-corrected chi connectivity index (χ2v) is 6.83. The first-order chi connectivity index (χ1) is 8.97. The van der Waals surface area contributed by atoms with Crippen molar-refractivity contribution in [3.8, 4) is 5.75 Å². The summed E-state index contributed by atoms with van der Waals surface area (Å²) in [5, 5.41) is 9.32. The zero-order valence-corrected chi connectivity index (χ0v) is 11.7. The Hall–Kier alpha value is -1.11. The van der Waals surface area contributed by atoms with E-state index in [-0.39, 0.29) is 16.1 Å². The third kappa shape index (κ3) is 3.68. The van der Waals surface area contributed by atoms with Crippen LogP contribution in [0.15, 0.2) is 29.2 Å². The van der Waals surface area contributed by atoms with Gasteiger partial charge < -0.3 is 9.84 Å². The summed E-state index contributed by atoms with van der Waals surface area (Å²) in [4.78, 5) is 0.0926. The molecule has 0 bridgehead atoms. The van der Waals surface area contributed by atoms with Gasteiger partial charge in [-0.25, -0.2) is 13.1 Å². The lowest BCUT2D eigenvalue weighted by molar-refractivity contribution is 0.173. The Balaban J connectivity index is 1.99. The molecule has 0 atom stereocenters. The number of sulfonamides is 1. The fraction of sp³-hybridized carbons (Fsp3) is 0.538. The molecular weight excluding hydrogens is 266 g/mol. The number of ether oxygens (including phenoxy) is 1. The van der Waals surface area contributed by atoms with Crippen LogP contribution >= 0.6 is 0 Å². The SMILES string of the molecule is COCCC1(CNS(=O)(=O)c2cccc(O)c2)CC1. The molecule has 0 aromatic heterocycles. The molecule has 1 fully saturated rings. The quantitative estimate of drug-likeness (QED) is 0.796. The van der Waals surface area contributed by atoms with Gasteiger partial charge in [-0.15, -0.1) is 0 Å². The normalized spacial score (nSPS) is 17.3. The molecule has 0 spiro atoms. The molecule has 106 valence electrons. The summed E-state index contributed by atoms with van der Waals surface area (Å²) >= 11 is 0. The Morgan fingerprint density at radius 3 is 2.74 bits per heavy atom. The number of rotatable bonds is 7. The van der Waals surface area contributed by atoms with Crippen molar-refractivity contribution in [3.05, 3.63) is 24.3 Å². The minimum absolute atomic E-state index is 0.0524. The van der Waals surface area contributed by atoms with Crippen molar-refractivity contribution in [1.82, 2.24) is 4.72 Å². The monoisotopic (exact) mass is 285 g/mol. The van der Waals surface area contributed by atoms with E-state index in [4.69, 9.17) is 4.74 Å². The zero-order valence-electron chi connectivity index (χ0n) is 10.9. The van der Waals surface area contributed by atoms with Crippen LogP contribution in [0.5, 0.6) is 5.75 Å². The van der Waals surface area contributed by atoms with Crippen LogP contribution in [0.1, 0.15) is 19.3 Å². The molecule has 19 heavy (non-hydrogen) atoms. The average Bonchev–Trinajstić information content (AvgIpc) is 3.15. The van der Waals surface area contributed by atoms with Gasteiger partial charge in [-0.2, -0.15) is 0 Å². The van der Waals surface area contributed by atoms with Gasteiger partial charge in [-0.1, -0.05) is 6.07 Å². The van der Waals surface area contributed by atoms with E-state index in [0.29, 0.717) is 13.2 Å². The average molecular weight is 285 g/mol. The Labute approximate surface area is 113 Å². The molecule has 1 aromatic carbocycles. The van der Waals surface area contributed by atoms with E-state index < -0.39 is 10.0 Å². The molecule has 6 heteroatoms. The maximum absolute atomic E-state index is 12.1. The van der Waals surface area contributed by atoms with Crippen molar-refractivity contribution >= 4 is 10.0 Å². The van der Waals surface area contributed by atoms with Crippen LogP contribution in [0.2, 0.25) is 0 Å². The molecule has 0 aliphatic heterocycles. The molecule has 1 aromatic rings. The van der Waals surface area contributed by atoms with E-state index in [1.807, 2.05) is 0 Å². The van der Waals surface area contributed by atoms with Gasteiger partial charge in [0.1, 0.15) is 5.75 Å². The highest BCUT2D eigenvalue weighted by Gasteiger charge is 2.42. The summed E-state index contributed by atoms with van der Waals surface area (Å²) in [5.74, 6) is -0.0524. The topological polar surface area (TPSA) is 75.6 Å². The maximum Gasteiger partial charge on any atom is 0.240 e. The zero-order chi connectivity index (χ0) is 13.9. The van der Waals surface area contributed by atoms with Crippen LogP contribution in [0.4, 0.5) is 0 Å². The molecule has 0 heterocycles. The number of aromatic hydroxyl groups is 1. The molecular formula is C13H19NO4S. The Morgan fingerprint density at radius 2 is 2.16 bits per heavy atom. The van der Waals surface area contributed by atoms with Crippen LogP contribution in [0.25, 0.3) is 0 Å². The summed E-state index contributed by atoms with van der Waals surface area (Å²) in [5.41, 5.74) is 0.0555. The molecule has 0 amide bonds. The highest BCUT2D eigenvalue weighted by atomic mass is 32.2. The molecule has 0 saturated heterocycles. The van der Waals surface area contributed by atoms with E-state index in [0.717, 1.165) is 19.3 Å². The fourth-order valence-corrected chi connectivity index (χ4v) is 3.19. The van der Waals surface area contributed by atoms with E-state index >= 15 is 0 Å². The number of nitrogens with one attached hydrogen (secondary N) is 1. The van der Waals surface area contributed by atoms with Crippen molar-refractivity contribution in [3.63, 3.8) is 0 Å². The van der Waals surface area contributed by atoms with Gasteiger partial charge in [0, 0.05) is 20.3 Å². The molecule has 0 unspecified atom stereocenters.